The van der Waals surface area contributed by atoms with E-state index in [1.165, 1.54) is 13.2 Å². The largest absolute Gasteiger partial charge is 0.497 e. The van der Waals surface area contributed by atoms with E-state index in [-0.39, 0.29) is 6.61 Å². The topological polar surface area (TPSA) is 83.6 Å². The smallest absolute Gasteiger partial charge is 0.357 e. The van der Waals surface area contributed by atoms with Crippen LogP contribution in [0.5, 0.6) is 5.75 Å². The number of hydrogen-bond acceptors (Lipinski definition) is 6. The predicted octanol–water partition coefficient (Wildman–Crippen LogP) is 4.22. The fraction of sp³-hybridized carbons (Fsp3) is 0.208. The van der Waals surface area contributed by atoms with Gasteiger partial charge in [0.25, 0.3) is 0 Å². The first-order chi connectivity index (χ1) is 15.1. The first-order valence-corrected chi connectivity index (χ1v) is 10.1. The van der Waals surface area contributed by atoms with Gasteiger partial charge in [-0.2, -0.15) is 5.10 Å². The van der Waals surface area contributed by atoms with Gasteiger partial charge in [-0.1, -0.05) is 18.2 Å². The van der Waals surface area contributed by atoms with Crippen molar-refractivity contribution in [1.82, 2.24) is 9.78 Å². The number of para-hydroxylation sites is 1. The third-order valence-electron chi connectivity index (χ3n) is 5.33. The van der Waals surface area contributed by atoms with Gasteiger partial charge in [0.2, 0.25) is 0 Å². The maximum atomic E-state index is 13.0. The fourth-order valence-electron chi connectivity index (χ4n) is 3.56. The van der Waals surface area contributed by atoms with Gasteiger partial charge >= 0.3 is 11.6 Å². The van der Waals surface area contributed by atoms with Crippen LogP contribution in [-0.4, -0.2) is 22.9 Å². The molecule has 2 aromatic heterocycles. The Morgan fingerprint density at radius 2 is 1.94 bits per heavy atom. The highest BCUT2D eigenvalue weighted by atomic mass is 16.5. The summed E-state index contributed by atoms with van der Waals surface area (Å²) < 4.78 is 17.7. The second kappa shape index (κ2) is 7.75. The van der Waals surface area contributed by atoms with Crippen LogP contribution in [0.25, 0.3) is 16.7 Å². The molecule has 1 aliphatic carbocycles. The lowest BCUT2D eigenvalue weighted by molar-refractivity contribution is 0.0463. The van der Waals surface area contributed by atoms with Gasteiger partial charge in [0.1, 0.15) is 17.9 Å². The van der Waals surface area contributed by atoms with E-state index in [9.17, 15) is 9.59 Å². The van der Waals surface area contributed by atoms with E-state index in [0.717, 1.165) is 24.2 Å². The highest BCUT2D eigenvalue weighted by Gasteiger charge is 2.29. The van der Waals surface area contributed by atoms with Crippen molar-refractivity contribution in [2.24, 2.45) is 0 Å². The number of rotatable bonds is 6. The number of fused-ring (bicyclic) bond motifs is 1. The lowest BCUT2D eigenvalue weighted by atomic mass is 10.1. The first kappa shape index (κ1) is 19.1. The Labute approximate surface area is 177 Å². The van der Waals surface area contributed by atoms with Gasteiger partial charge < -0.3 is 13.9 Å². The van der Waals surface area contributed by atoms with Crippen molar-refractivity contribution in [2.45, 2.75) is 25.4 Å². The highest BCUT2D eigenvalue weighted by molar-refractivity contribution is 5.89. The van der Waals surface area contributed by atoms with Crippen molar-refractivity contribution < 1.29 is 18.7 Å². The minimum atomic E-state index is -0.517. The Morgan fingerprint density at radius 1 is 1.13 bits per heavy atom. The van der Waals surface area contributed by atoms with E-state index >= 15 is 0 Å². The molecule has 0 bridgehead atoms. The van der Waals surface area contributed by atoms with Gasteiger partial charge in [-0.25, -0.2) is 14.3 Å². The first-order valence-electron chi connectivity index (χ1n) is 10.1. The number of carbonyl (C=O) groups is 1. The predicted molar refractivity (Wildman–Crippen MR) is 114 cm³/mol. The monoisotopic (exact) mass is 416 g/mol. The standard InChI is InChI=1S/C24H20N2O5/c1-29-18-9-10-19-16(11-23(27)31-22(19)12-18)14-30-24(28)21-13-20(15-7-8-15)25-26(21)17-5-3-2-4-6-17/h2-6,9-13,15H,7-8,14H2,1H3. The zero-order valence-corrected chi connectivity index (χ0v) is 16.9. The lowest BCUT2D eigenvalue weighted by Crippen LogP contribution is -2.13. The van der Waals surface area contributed by atoms with E-state index in [0.29, 0.717) is 33.9 Å². The van der Waals surface area contributed by atoms with Crippen LogP contribution >= 0.6 is 0 Å². The molecule has 2 aromatic carbocycles. The molecule has 1 fully saturated rings. The Kier molecular flexibility index (Phi) is 4.78. The molecule has 4 aromatic rings. The average molecular weight is 416 g/mol. The summed E-state index contributed by atoms with van der Waals surface area (Å²) in [6.45, 7) is -0.0635. The molecule has 0 amide bonds. The molecule has 5 rings (SSSR count). The summed E-state index contributed by atoms with van der Waals surface area (Å²) >= 11 is 0. The Morgan fingerprint density at radius 3 is 2.68 bits per heavy atom. The molecular weight excluding hydrogens is 396 g/mol. The zero-order chi connectivity index (χ0) is 21.4. The summed E-state index contributed by atoms with van der Waals surface area (Å²) in [4.78, 5) is 25.0. The van der Waals surface area contributed by atoms with Crippen molar-refractivity contribution in [3.8, 4) is 11.4 Å². The summed E-state index contributed by atoms with van der Waals surface area (Å²) in [6.07, 6.45) is 2.16. The van der Waals surface area contributed by atoms with Gasteiger partial charge in [-0.15, -0.1) is 0 Å². The lowest BCUT2D eigenvalue weighted by Gasteiger charge is -2.09. The molecule has 0 unspecified atom stereocenters. The molecule has 0 N–H and O–H groups in total. The van der Waals surface area contributed by atoms with Crippen LogP contribution in [0, 0.1) is 0 Å². The molecule has 156 valence electrons. The van der Waals surface area contributed by atoms with Crippen molar-refractivity contribution >= 4 is 16.9 Å². The van der Waals surface area contributed by atoms with Gasteiger partial charge in [0.15, 0.2) is 5.69 Å². The van der Waals surface area contributed by atoms with E-state index in [2.05, 4.69) is 5.10 Å². The molecule has 7 heteroatoms. The molecule has 0 radical (unpaired) electrons. The quantitative estimate of drug-likeness (QED) is 0.346. The van der Waals surface area contributed by atoms with E-state index < -0.39 is 11.6 Å². The highest BCUT2D eigenvalue weighted by Crippen LogP contribution is 2.39. The van der Waals surface area contributed by atoms with Crippen molar-refractivity contribution in [3.05, 3.63) is 88.0 Å². The van der Waals surface area contributed by atoms with Crippen molar-refractivity contribution in [2.75, 3.05) is 7.11 Å². The van der Waals surface area contributed by atoms with Crippen LogP contribution in [0.3, 0.4) is 0 Å². The summed E-state index contributed by atoms with van der Waals surface area (Å²) in [5, 5.41) is 5.32. The van der Waals surface area contributed by atoms with Crippen LogP contribution in [0.2, 0.25) is 0 Å². The second-order valence-electron chi connectivity index (χ2n) is 7.50. The number of benzene rings is 2. The van der Waals surface area contributed by atoms with Gasteiger partial charge in [0.05, 0.1) is 18.5 Å². The maximum absolute atomic E-state index is 13.0. The average Bonchev–Trinajstić information content (AvgIpc) is 3.55. The normalized spacial score (nSPS) is 13.3. The summed E-state index contributed by atoms with van der Waals surface area (Å²) in [6, 6.07) is 17.8. The molecule has 31 heavy (non-hydrogen) atoms. The zero-order valence-electron chi connectivity index (χ0n) is 16.9. The summed E-state index contributed by atoms with van der Waals surface area (Å²) in [5.74, 6) is 0.469. The minimum absolute atomic E-state index is 0.0635. The summed E-state index contributed by atoms with van der Waals surface area (Å²) in [5.41, 5.74) is 2.48. The Bertz CT molecular complexity index is 1320. The third-order valence-corrected chi connectivity index (χ3v) is 5.33. The number of carbonyl (C=O) groups excluding carboxylic acids is 1. The number of aromatic nitrogens is 2. The van der Waals surface area contributed by atoms with Gasteiger partial charge in [-0.3, -0.25) is 0 Å². The molecule has 0 saturated heterocycles. The van der Waals surface area contributed by atoms with Crippen LogP contribution in [0.15, 0.2) is 69.9 Å². The van der Waals surface area contributed by atoms with Crippen molar-refractivity contribution in [3.63, 3.8) is 0 Å². The van der Waals surface area contributed by atoms with Gasteiger partial charge in [-0.05, 0) is 43.2 Å². The molecule has 0 aliphatic heterocycles. The molecule has 1 aliphatic rings. The van der Waals surface area contributed by atoms with Crippen molar-refractivity contribution in [1.29, 1.82) is 0 Å². The van der Waals surface area contributed by atoms with Crippen LogP contribution in [-0.2, 0) is 11.3 Å². The molecular formula is C24H20N2O5. The number of methoxy groups -OCH3 is 1. The number of esters is 1. The van der Waals surface area contributed by atoms with E-state index in [4.69, 9.17) is 13.9 Å². The van der Waals surface area contributed by atoms with E-state index in [1.54, 1.807) is 28.9 Å². The molecule has 7 nitrogen and oxygen atoms in total. The Balaban J connectivity index is 1.44. The number of hydrogen-bond donors (Lipinski definition) is 0. The van der Waals surface area contributed by atoms with Crippen LogP contribution in [0.4, 0.5) is 0 Å². The van der Waals surface area contributed by atoms with Gasteiger partial charge in [0, 0.05) is 29.0 Å². The maximum Gasteiger partial charge on any atom is 0.357 e. The minimum Gasteiger partial charge on any atom is -0.497 e. The van der Waals surface area contributed by atoms with E-state index in [1.807, 2.05) is 30.3 Å². The SMILES string of the molecule is COc1ccc2c(COC(=O)c3cc(C4CC4)nn3-c3ccccc3)cc(=O)oc2c1. The Hall–Kier alpha value is -3.87. The second-order valence-corrected chi connectivity index (χ2v) is 7.50. The molecule has 1 saturated carbocycles. The number of nitrogens with zero attached hydrogens (tertiary/aromatic N) is 2. The number of ether oxygens (including phenoxy) is 2. The fourth-order valence-corrected chi connectivity index (χ4v) is 3.56. The molecule has 0 atom stereocenters. The van der Waals surface area contributed by atoms with Crippen LogP contribution in [0.1, 0.15) is 40.5 Å². The molecule has 2 heterocycles. The third kappa shape index (κ3) is 3.82. The molecule has 0 spiro atoms. The summed E-state index contributed by atoms with van der Waals surface area (Å²) in [7, 11) is 1.54. The van der Waals surface area contributed by atoms with Crippen LogP contribution < -0.4 is 10.4 Å².